The van der Waals surface area contributed by atoms with Crippen LogP contribution in [-0.4, -0.2) is 17.1 Å². The largest absolute Gasteiger partial charge is 0.283 e. The molecule has 0 atom stereocenters. The average Bonchev–Trinajstić information content (AvgIpc) is 2.53. The molecule has 0 fully saturated rings. The van der Waals surface area contributed by atoms with Gasteiger partial charge in [-0.15, -0.1) is 0 Å². The van der Waals surface area contributed by atoms with Gasteiger partial charge in [0.15, 0.2) is 0 Å². The van der Waals surface area contributed by atoms with Crippen LogP contribution in [0.2, 0.25) is 0 Å². The van der Waals surface area contributed by atoms with Gasteiger partial charge in [0.05, 0.1) is 12.8 Å². The van der Waals surface area contributed by atoms with Crippen LogP contribution in [0, 0.1) is 12.3 Å². The normalized spacial score (nSPS) is 15.1. The Morgan fingerprint density at radius 2 is 2.00 bits per heavy atom. The SMILES string of the molecule is C=C1C=NN(Cc2ccc(C)cc2)C1=N. The molecular weight excluding hydrogens is 186 g/mol. The zero-order valence-electron chi connectivity index (χ0n) is 8.70. The van der Waals surface area contributed by atoms with Crippen molar-refractivity contribution in [2.75, 3.05) is 0 Å². The van der Waals surface area contributed by atoms with E-state index in [-0.39, 0.29) is 0 Å². The summed E-state index contributed by atoms with van der Waals surface area (Å²) in [6, 6.07) is 8.24. The molecule has 1 aromatic carbocycles. The van der Waals surface area contributed by atoms with Crippen LogP contribution in [0.25, 0.3) is 0 Å². The third-order valence-electron chi connectivity index (χ3n) is 2.37. The fourth-order valence-electron chi connectivity index (χ4n) is 1.41. The highest BCUT2D eigenvalue weighted by molar-refractivity contribution is 6.15. The predicted octanol–water partition coefficient (Wildman–Crippen LogP) is 2.33. The van der Waals surface area contributed by atoms with E-state index in [0.29, 0.717) is 18.0 Å². The van der Waals surface area contributed by atoms with Crippen LogP contribution in [0.3, 0.4) is 0 Å². The van der Waals surface area contributed by atoms with Crippen LogP contribution in [-0.2, 0) is 6.54 Å². The number of benzene rings is 1. The molecule has 3 heteroatoms. The molecule has 3 nitrogen and oxygen atoms in total. The van der Waals surface area contributed by atoms with Gasteiger partial charge in [0.2, 0.25) is 0 Å². The van der Waals surface area contributed by atoms with Gasteiger partial charge in [0.25, 0.3) is 0 Å². The van der Waals surface area contributed by atoms with E-state index >= 15 is 0 Å². The first kappa shape index (κ1) is 9.65. The molecule has 1 aromatic rings. The number of nitrogens with zero attached hydrogens (tertiary/aromatic N) is 2. The molecule has 0 radical (unpaired) electrons. The number of nitrogens with one attached hydrogen (secondary N) is 1. The number of amidine groups is 1. The first-order valence-electron chi connectivity index (χ1n) is 4.82. The highest BCUT2D eigenvalue weighted by Gasteiger charge is 2.16. The molecular formula is C12H13N3. The Labute approximate surface area is 89.2 Å². The van der Waals surface area contributed by atoms with Crippen LogP contribution in [0.1, 0.15) is 11.1 Å². The Hall–Kier alpha value is -1.90. The Bertz CT molecular complexity index is 429. The molecule has 0 amide bonds. The number of aryl methyl sites for hydroxylation is 1. The minimum absolute atomic E-state index is 0.385. The lowest BCUT2D eigenvalue weighted by atomic mass is 10.1. The van der Waals surface area contributed by atoms with Crippen molar-refractivity contribution in [1.29, 1.82) is 5.41 Å². The van der Waals surface area contributed by atoms with Crippen molar-refractivity contribution in [2.45, 2.75) is 13.5 Å². The van der Waals surface area contributed by atoms with Gasteiger partial charge in [-0.1, -0.05) is 36.4 Å². The van der Waals surface area contributed by atoms with Gasteiger partial charge in [-0.2, -0.15) is 5.10 Å². The zero-order chi connectivity index (χ0) is 10.8. The molecule has 0 saturated heterocycles. The van der Waals surface area contributed by atoms with Gasteiger partial charge in [-0.3, -0.25) is 5.41 Å². The first-order valence-corrected chi connectivity index (χ1v) is 4.82. The molecule has 0 saturated carbocycles. The van der Waals surface area contributed by atoms with Crippen molar-refractivity contribution in [3.05, 3.63) is 47.5 Å². The maximum Gasteiger partial charge on any atom is 0.149 e. The molecule has 1 N–H and O–H groups in total. The maximum absolute atomic E-state index is 7.70. The van der Waals surface area contributed by atoms with E-state index in [2.05, 4.69) is 42.9 Å². The molecule has 76 valence electrons. The number of hydrazone groups is 1. The molecule has 1 aliphatic heterocycles. The Balaban J connectivity index is 2.10. The fraction of sp³-hybridized carbons (Fsp3) is 0.167. The predicted molar refractivity (Wildman–Crippen MR) is 62.1 cm³/mol. The van der Waals surface area contributed by atoms with Crippen molar-refractivity contribution < 1.29 is 0 Å². The lowest BCUT2D eigenvalue weighted by Crippen LogP contribution is -2.20. The molecule has 0 unspecified atom stereocenters. The van der Waals surface area contributed by atoms with Crippen molar-refractivity contribution in [2.24, 2.45) is 5.10 Å². The highest BCUT2D eigenvalue weighted by atomic mass is 15.5. The van der Waals surface area contributed by atoms with Crippen molar-refractivity contribution >= 4 is 12.1 Å². The van der Waals surface area contributed by atoms with E-state index in [4.69, 9.17) is 5.41 Å². The third-order valence-corrected chi connectivity index (χ3v) is 2.37. The van der Waals surface area contributed by atoms with Crippen LogP contribution in [0.4, 0.5) is 0 Å². The minimum atomic E-state index is 0.385. The van der Waals surface area contributed by atoms with E-state index in [1.165, 1.54) is 5.56 Å². The van der Waals surface area contributed by atoms with Gasteiger partial charge < -0.3 is 0 Å². The second-order valence-corrected chi connectivity index (χ2v) is 3.66. The summed E-state index contributed by atoms with van der Waals surface area (Å²) in [6.45, 7) is 6.42. The second kappa shape index (κ2) is 3.69. The molecule has 0 aromatic heterocycles. The number of rotatable bonds is 2. The van der Waals surface area contributed by atoms with Gasteiger partial charge in [-0.05, 0) is 12.5 Å². The monoisotopic (exact) mass is 199 g/mol. The summed E-state index contributed by atoms with van der Waals surface area (Å²) in [6.07, 6.45) is 1.62. The van der Waals surface area contributed by atoms with Gasteiger partial charge in [0, 0.05) is 5.57 Å². The van der Waals surface area contributed by atoms with Crippen LogP contribution >= 0.6 is 0 Å². The smallest absolute Gasteiger partial charge is 0.149 e. The summed E-state index contributed by atoms with van der Waals surface area (Å²) in [5.74, 6) is 0.385. The van der Waals surface area contributed by atoms with Crippen molar-refractivity contribution in [3.8, 4) is 0 Å². The zero-order valence-corrected chi connectivity index (χ0v) is 8.70. The van der Waals surface area contributed by atoms with E-state index in [1.807, 2.05) is 0 Å². The van der Waals surface area contributed by atoms with Crippen LogP contribution in [0.5, 0.6) is 0 Å². The van der Waals surface area contributed by atoms with E-state index in [9.17, 15) is 0 Å². The maximum atomic E-state index is 7.70. The van der Waals surface area contributed by atoms with Gasteiger partial charge in [-0.25, -0.2) is 5.01 Å². The summed E-state index contributed by atoms with van der Waals surface area (Å²) < 4.78 is 0. The van der Waals surface area contributed by atoms with Crippen molar-refractivity contribution in [3.63, 3.8) is 0 Å². The summed E-state index contributed by atoms with van der Waals surface area (Å²) >= 11 is 0. The van der Waals surface area contributed by atoms with E-state index in [1.54, 1.807) is 11.2 Å². The molecule has 1 aliphatic rings. The van der Waals surface area contributed by atoms with Gasteiger partial charge in [0.1, 0.15) is 5.84 Å². The highest BCUT2D eigenvalue weighted by Crippen LogP contribution is 2.13. The summed E-state index contributed by atoms with van der Waals surface area (Å²) in [7, 11) is 0. The summed E-state index contributed by atoms with van der Waals surface area (Å²) in [5.41, 5.74) is 3.06. The molecule has 0 spiro atoms. The first-order chi connectivity index (χ1) is 7.16. The third kappa shape index (κ3) is 1.96. The minimum Gasteiger partial charge on any atom is -0.283 e. The van der Waals surface area contributed by atoms with Crippen LogP contribution < -0.4 is 0 Å². The molecule has 0 bridgehead atoms. The van der Waals surface area contributed by atoms with Gasteiger partial charge >= 0.3 is 0 Å². The van der Waals surface area contributed by atoms with Crippen LogP contribution in [0.15, 0.2) is 41.5 Å². The standard InChI is InChI=1S/C12H13N3/c1-9-3-5-11(6-4-9)8-15-12(13)10(2)7-14-15/h3-7,13H,2,8H2,1H3. The molecule has 1 heterocycles. The summed E-state index contributed by atoms with van der Waals surface area (Å²) in [4.78, 5) is 0. The molecule has 2 rings (SSSR count). The topological polar surface area (TPSA) is 39.5 Å². The van der Waals surface area contributed by atoms with Crippen molar-refractivity contribution in [1.82, 2.24) is 5.01 Å². The van der Waals surface area contributed by atoms with E-state index in [0.717, 1.165) is 5.56 Å². The summed E-state index contributed by atoms with van der Waals surface area (Å²) in [5, 5.41) is 13.5. The lowest BCUT2D eigenvalue weighted by Gasteiger charge is -2.13. The molecule has 15 heavy (non-hydrogen) atoms. The number of hydrogen-bond acceptors (Lipinski definition) is 2. The Morgan fingerprint density at radius 3 is 2.53 bits per heavy atom. The second-order valence-electron chi connectivity index (χ2n) is 3.66. The Morgan fingerprint density at radius 1 is 1.33 bits per heavy atom. The Kier molecular flexibility index (Phi) is 2.37. The fourth-order valence-corrected chi connectivity index (χ4v) is 1.41. The quantitative estimate of drug-likeness (QED) is 0.780. The number of hydrogen-bond donors (Lipinski definition) is 1. The molecule has 0 aliphatic carbocycles. The average molecular weight is 199 g/mol. The van der Waals surface area contributed by atoms with E-state index < -0.39 is 0 Å². The lowest BCUT2D eigenvalue weighted by molar-refractivity contribution is 0.449.